The molecule has 0 spiro atoms. The predicted octanol–water partition coefficient (Wildman–Crippen LogP) is 7.44. The van der Waals surface area contributed by atoms with Crippen LogP contribution in [0.4, 0.5) is 27.1 Å². The van der Waals surface area contributed by atoms with Crippen LogP contribution in [0.15, 0.2) is 66.7 Å². The number of carbonyl (C=O) groups is 2. The summed E-state index contributed by atoms with van der Waals surface area (Å²) >= 11 is 0. The average molecular weight is 559 g/mol. The summed E-state index contributed by atoms with van der Waals surface area (Å²) in [5.74, 6) is -0.515. The fourth-order valence-electron chi connectivity index (χ4n) is 5.97. The van der Waals surface area contributed by atoms with Crippen molar-refractivity contribution in [3.8, 4) is 0 Å². The molecule has 0 unspecified atom stereocenters. The van der Waals surface area contributed by atoms with E-state index in [1.165, 1.54) is 24.3 Å². The van der Waals surface area contributed by atoms with E-state index in [1.54, 1.807) is 0 Å². The molecule has 2 amide bonds. The van der Waals surface area contributed by atoms with Crippen LogP contribution in [-0.2, 0) is 4.79 Å². The Labute approximate surface area is 244 Å². The zero-order valence-electron chi connectivity index (χ0n) is 25.2. The number of benzene rings is 3. The third kappa shape index (κ3) is 6.09. The van der Waals surface area contributed by atoms with Crippen LogP contribution in [0.5, 0.6) is 0 Å². The van der Waals surface area contributed by atoms with Gasteiger partial charge in [-0.3, -0.25) is 9.59 Å². The standard InChI is InChI=1S/C34H43FN4O2/c1-7-33(40)39(28-18-16-27(17-19-28)36(8-2)9-3)32-22-24(6)38(34(41)25-12-14-26(35)15-13-25)31-21-20-29(23-30(31)32)37(10-4)11-5/h12-21,23-24,32H,7-11,22H2,1-6H3/t24-,32+/m1/s1. The number of nitrogens with zero attached hydrogens (tertiary/aromatic N) is 4. The summed E-state index contributed by atoms with van der Waals surface area (Å²) in [5, 5.41) is 0. The Kier molecular flexibility index (Phi) is 9.69. The van der Waals surface area contributed by atoms with E-state index in [9.17, 15) is 14.0 Å². The Bertz CT molecular complexity index is 1330. The normalized spacial score (nSPS) is 16.2. The molecule has 0 saturated carbocycles. The van der Waals surface area contributed by atoms with Crippen LogP contribution in [0.25, 0.3) is 0 Å². The Balaban J connectivity index is 1.85. The topological polar surface area (TPSA) is 47.1 Å². The van der Waals surface area contributed by atoms with Gasteiger partial charge in [0.2, 0.25) is 5.91 Å². The van der Waals surface area contributed by atoms with Gasteiger partial charge in [0.05, 0.1) is 6.04 Å². The third-order valence-corrected chi connectivity index (χ3v) is 8.21. The van der Waals surface area contributed by atoms with Gasteiger partial charge in [-0.1, -0.05) is 6.92 Å². The molecule has 0 bridgehead atoms. The maximum Gasteiger partial charge on any atom is 0.258 e. The molecule has 0 fully saturated rings. The predicted molar refractivity (Wildman–Crippen MR) is 168 cm³/mol. The first-order chi connectivity index (χ1) is 19.8. The number of fused-ring (bicyclic) bond motifs is 1. The Morgan fingerprint density at radius 1 is 0.780 bits per heavy atom. The van der Waals surface area contributed by atoms with Gasteiger partial charge in [0.15, 0.2) is 0 Å². The minimum atomic E-state index is -0.377. The van der Waals surface area contributed by atoms with Crippen molar-refractivity contribution in [1.82, 2.24) is 0 Å². The number of hydrogen-bond donors (Lipinski definition) is 0. The van der Waals surface area contributed by atoms with Crippen LogP contribution in [0.1, 0.15) is 76.3 Å². The van der Waals surface area contributed by atoms with Crippen molar-refractivity contribution in [2.45, 2.75) is 66.5 Å². The number of anilines is 4. The Morgan fingerprint density at radius 2 is 1.32 bits per heavy atom. The van der Waals surface area contributed by atoms with Gasteiger partial charge in [0.25, 0.3) is 5.91 Å². The molecule has 1 aliphatic rings. The van der Waals surface area contributed by atoms with E-state index >= 15 is 0 Å². The lowest BCUT2D eigenvalue weighted by atomic mass is 9.88. The van der Waals surface area contributed by atoms with E-state index in [-0.39, 0.29) is 29.7 Å². The number of hydrogen-bond acceptors (Lipinski definition) is 4. The summed E-state index contributed by atoms with van der Waals surface area (Å²) in [6.07, 6.45) is 0.942. The van der Waals surface area contributed by atoms with Crippen LogP contribution >= 0.6 is 0 Å². The van der Waals surface area contributed by atoms with Gasteiger partial charge in [0.1, 0.15) is 5.82 Å². The maximum absolute atomic E-state index is 13.8. The lowest BCUT2D eigenvalue weighted by molar-refractivity contribution is -0.118. The Morgan fingerprint density at radius 3 is 1.88 bits per heavy atom. The number of amides is 2. The summed E-state index contributed by atoms with van der Waals surface area (Å²) in [4.78, 5) is 35.7. The molecule has 3 aromatic rings. The van der Waals surface area contributed by atoms with E-state index in [0.717, 1.165) is 54.5 Å². The van der Waals surface area contributed by atoms with Gasteiger partial charge in [-0.2, -0.15) is 0 Å². The molecule has 0 aliphatic carbocycles. The second kappa shape index (κ2) is 13.2. The highest BCUT2D eigenvalue weighted by Crippen LogP contribution is 2.44. The van der Waals surface area contributed by atoms with Crippen molar-refractivity contribution in [3.05, 3.63) is 83.7 Å². The maximum atomic E-state index is 13.8. The van der Waals surface area contributed by atoms with Gasteiger partial charge in [-0.25, -0.2) is 4.39 Å². The summed E-state index contributed by atoms with van der Waals surface area (Å²) in [7, 11) is 0. The molecule has 6 nitrogen and oxygen atoms in total. The Hall–Kier alpha value is -3.87. The van der Waals surface area contributed by atoms with Crippen molar-refractivity contribution in [1.29, 1.82) is 0 Å². The fraction of sp³-hybridized carbons (Fsp3) is 0.412. The molecule has 3 aromatic carbocycles. The van der Waals surface area contributed by atoms with Crippen LogP contribution in [0, 0.1) is 5.82 Å². The molecule has 1 heterocycles. The van der Waals surface area contributed by atoms with Gasteiger partial charge >= 0.3 is 0 Å². The minimum Gasteiger partial charge on any atom is -0.372 e. The van der Waals surface area contributed by atoms with Crippen molar-refractivity contribution >= 4 is 34.6 Å². The van der Waals surface area contributed by atoms with Crippen LogP contribution < -0.4 is 19.6 Å². The zero-order valence-corrected chi connectivity index (χ0v) is 25.2. The first kappa shape index (κ1) is 30.1. The largest absolute Gasteiger partial charge is 0.372 e. The molecular formula is C34H43FN4O2. The molecular weight excluding hydrogens is 515 g/mol. The molecule has 41 heavy (non-hydrogen) atoms. The first-order valence-electron chi connectivity index (χ1n) is 14.9. The van der Waals surface area contributed by atoms with Crippen molar-refractivity contribution in [2.75, 3.05) is 45.8 Å². The molecule has 0 radical (unpaired) electrons. The summed E-state index contributed by atoms with van der Waals surface area (Å²) in [5.41, 5.74) is 5.19. The number of rotatable bonds is 10. The second-order valence-electron chi connectivity index (χ2n) is 10.5. The monoisotopic (exact) mass is 558 g/mol. The lowest BCUT2D eigenvalue weighted by Gasteiger charge is -2.44. The number of halogens is 1. The smallest absolute Gasteiger partial charge is 0.258 e. The first-order valence-corrected chi connectivity index (χ1v) is 14.9. The summed E-state index contributed by atoms with van der Waals surface area (Å²) in [6.45, 7) is 15.9. The zero-order chi connectivity index (χ0) is 29.7. The summed E-state index contributed by atoms with van der Waals surface area (Å²) < 4.78 is 13.6. The molecule has 4 rings (SSSR count). The van der Waals surface area contributed by atoms with E-state index in [2.05, 4.69) is 61.8 Å². The second-order valence-corrected chi connectivity index (χ2v) is 10.5. The van der Waals surface area contributed by atoms with E-state index in [0.29, 0.717) is 18.4 Å². The minimum absolute atomic E-state index is 0.0373. The molecule has 7 heteroatoms. The molecule has 218 valence electrons. The van der Waals surface area contributed by atoms with Gasteiger partial charge in [0, 0.05) is 72.5 Å². The van der Waals surface area contributed by atoms with Crippen LogP contribution in [0.2, 0.25) is 0 Å². The molecule has 2 atom stereocenters. The number of carbonyl (C=O) groups excluding carboxylic acids is 2. The quantitative estimate of drug-likeness (QED) is 0.259. The fourth-order valence-corrected chi connectivity index (χ4v) is 5.97. The summed E-state index contributed by atoms with van der Waals surface area (Å²) in [6, 6.07) is 19.7. The van der Waals surface area contributed by atoms with E-state index in [1.807, 2.05) is 41.8 Å². The van der Waals surface area contributed by atoms with E-state index < -0.39 is 0 Å². The molecule has 0 aromatic heterocycles. The average Bonchev–Trinajstić information content (AvgIpc) is 2.99. The van der Waals surface area contributed by atoms with Gasteiger partial charge in [-0.15, -0.1) is 0 Å². The highest BCUT2D eigenvalue weighted by atomic mass is 19.1. The molecule has 0 N–H and O–H groups in total. The highest BCUT2D eigenvalue weighted by Gasteiger charge is 2.39. The van der Waals surface area contributed by atoms with Gasteiger partial charge < -0.3 is 19.6 Å². The highest BCUT2D eigenvalue weighted by molar-refractivity contribution is 6.07. The lowest BCUT2D eigenvalue weighted by Crippen LogP contribution is -2.48. The van der Waals surface area contributed by atoms with Gasteiger partial charge in [-0.05, 0) is 108 Å². The molecule has 0 saturated heterocycles. The SMILES string of the molecule is CCC(=O)N(c1ccc(N(CC)CC)cc1)[C@H]1C[C@@H](C)N(C(=O)c2ccc(F)cc2)c2ccc(N(CC)CC)cc21. The third-order valence-electron chi connectivity index (χ3n) is 8.21. The van der Waals surface area contributed by atoms with Crippen molar-refractivity contribution in [3.63, 3.8) is 0 Å². The van der Waals surface area contributed by atoms with E-state index in [4.69, 9.17) is 0 Å². The molecule has 1 aliphatic heterocycles. The van der Waals surface area contributed by atoms with Crippen molar-refractivity contribution < 1.29 is 14.0 Å². The van der Waals surface area contributed by atoms with Crippen LogP contribution in [-0.4, -0.2) is 44.0 Å². The van der Waals surface area contributed by atoms with Crippen LogP contribution in [0.3, 0.4) is 0 Å². The van der Waals surface area contributed by atoms with Crippen molar-refractivity contribution in [2.24, 2.45) is 0 Å².